The Balaban J connectivity index is 2.53. The van der Waals surface area contributed by atoms with Crippen LogP contribution >= 0.6 is 0 Å². The van der Waals surface area contributed by atoms with E-state index in [0.717, 1.165) is 19.5 Å². The van der Waals surface area contributed by atoms with Crippen LogP contribution in [0.25, 0.3) is 0 Å². The number of carbonyl (C=O) groups excluding carboxylic acids is 1. The number of nitrogens with one attached hydrogen (secondary N) is 1. The molecule has 0 spiro atoms. The van der Waals surface area contributed by atoms with Gasteiger partial charge >= 0.3 is 0 Å². The Morgan fingerprint density at radius 3 is 2.47 bits per heavy atom. The van der Waals surface area contributed by atoms with Gasteiger partial charge in [-0.2, -0.15) is 0 Å². The quantitative estimate of drug-likeness (QED) is 0.705. The van der Waals surface area contributed by atoms with Gasteiger partial charge in [-0.3, -0.25) is 9.69 Å². The molecule has 1 aliphatic carbocycles. The number of amides is 1. The average molecular weight is 269 g/mol. The summed E-state index contributed by atoms with van der Waals surface area (Å²) in [5.74, 6) is 0.665. The van der Waals surface area contributed by atoms with Gasteiger partial charge in [0.25, 0.3) is 0 Å². The maximum Gasteiger partial charge on any atom is 0.237 e. The van der Waals surface area contributed by atoms with E-state index in [0.29, 0.717) is 18.5 Å². The second kappa shape index (κ2) is 8.54. The molecule has 1 fully saturated rings. The van der Waals surface area contributed by atoms with Crippen molar-refractivity contribution in [1.29, 1.82) is 0 Å². The molecule has 0 bridgehead atoms. The predicted molar refractivity (Wildman–Crippen MR) is 79.9 cm³/mol. The van der Waals surface area contributed by atoms with Gasteiger partial charge in [0.15, 0.2) is 0 Å². The Labute approximate surface area is 118 Å². The number of hydrogen-bond donors (Lipinski definition) is 2. The zero-order valence-electron chi connectivity index (χ0n) is 12.8. The fraction of sp³-hybridized carbons (Fsp3) is 0.933. The molecule has 0 aromatic carbocycles. The molecule has 1 amide bonds. The summed E-state index contributed by atoms with van der Waals surface area (Å²) in [6.07, 6.45) is 6.02. The SMILES string of the molecule is CC(C)CNC(=O)C(C)N(CCCN)C1CCCC1. The number of carbonyl (C=O) groups is 1. The summed E-state index contributed by atoms with van der Waals surface area (Å²) in [4.78, 5) is 14.6. The van der Waals surface area contributed by atoms with Gasteiger partial charge in [0.1, 0.15) is 0 Å². The number of nitrogens with zero attached hydrogens (tertiary/aromatic N) is 1. The third kappa shape index (κ3) is 5.49. The first-order valence-electron chi connectivity index (χ1n) is 7.79. The molecule has 0 heterocycles. The first-order chi connectivity index (χ1) is 9.06. The number of hydrogen-bond acceptors (Lipinski definition) is 3. The molecule has 4 nitrogen and oxygen atoms in total. The van der Waals surface area contributed by atoms with Crippen molar-refractivity contribution in [2.45, 2.75) is 65.0 Å². The molecular formula is C15H31N3O. The van der Waals surface area contributed by atoms with Gasteiger partial charge in [0.05, 0.1) is 6.04 Å². The molecule has 112 valence electrons. The molecule has 1 saturated carbocycles. The predicted octanol–water partition coefficient (Wildman–Crippen LogP) is 1.74. The van der Waals surface area contributed by atoms with Crippen molar-refractivity contribution in [3.63, 3.8) is 0 Å². The van der Waals surface area contributed by atoms with Crippen LogP contribution in [0.2, 0.25) is 0 Å². The van der Waals surface area contributed by atoms with E-state index in [9.17, 15) is 4.79 Å². The molecule has 1 atom stereocenters. The van der Waals surface area contributed by atoms with Crippen molar-refractivity contribution in [2.24, 2.45) is 11.7 Å². The minimum absolute atomic E-state index is 0.0339. The highest BCUT2D eigenvalue weighted by Gasteiger charge is 2.29. The molecule has 19 heavy (non-hydrogen) atoms. The van der Waals surface area contributed by atoms with Crippen LogP contribution in [0, 0.1) is 5.92 Å². The zero-order chi connectivity index (χ0) is 14.3. The van der Waals surface area contributed by atoms with E-state index in [4.69, 9.17) is 5.73 Å². The van der Waals surface area contributed by atoms with E-state index in [2.05, 4.69) is 24.1 Å². The molecule has 0 aromatic heterocycles. The summed E-state index contributed by atoms with van der Waals surface area (Å²) in [5, 5.41) is 3.05. The Kier molecular flexibility index (Phi) is 7.39. The minimum atomic E-state index is -0.0339. The van der Waals surface area contributed by atoms with Gasteiger partial charge < -0.3 is 11.1 Å². The van der Waals surface area contributed by atoms with Crippen LogP contribution in [0.15, 0.2) is 0 Å². The van der Waals surface area contributed by atoms with E-state index in [1.54, 1.807) is 0 Å². The van der Waals surface area contributed by atoms with Crippen molar-refractivity contribution in [3.05, 3.63) is 0 Å². The Bertz CT molecular complexity index is 262. The van der Waals surface area contributed by atoms with E-state index in [-0.39, 0.29) is 11.9 Å². The Morgan fingerprint density at radius 2 is 1.95 bits per heavy atom. The fourth-order valence-corrected chi connectivity index (χ4v) is 2.81. The number of nitrogens with two attached hydrogens (primary N) is 1. The Hall–Kier alpha value is -0.610. The van der Waals surface area contributed by atoms with Gasteiger partial charge in [-0.05, 0) is 38.6 Å². The van der Waals surface area contributed by atoms with Crippen molar-refractivity contribution in [3.8, 4) is 0 Å². The van der Waals surface area contributed by atoms with E-state index in [1.807, 2.05) is 6.92 Å². The average Bonchev–Trinajstić information content (AvgIpc) is 2.90. The van der Waals surface area contributed by atoms with Crippen molar-refractivity contribution in [2.75, 3.05) is 19.6 Å². The topological polar surface area (TPSA) is 58.4 Å². The van der Waals surface area contributed by atoms with Crippen molar-refractivity contribution in [1.82, 2.24) is 10.2 Å². The first kappa shape index (κ1) is 16.4. The van der Waals surface area contributed by atoms with Crippen LogP contribution < -0.4 is 11.1 Å². The third-order valence-electron chi connectivity index (χ3n) is 3.98. The molecule has 0 aromatic rings. The maximum absolute atomic E-state index is 12.2. The van der Waals surface area contributed by atoms with Crippen molar-refractivity contribution < 1.29 is 4.79 Å². The van der Waals surface area contributed by atoms with Gasteiger partial charge in [-0.15, -0.1) is 0 Å². The maximum atomic E-state index is 12.2. The third-order valence-corrected chi connectivity index (χ3v) is 3.98. The first-order valence-corrected chi connectivity index (χ1v) is 7.79. The standard InChI is InChI=1S/C15H31N3O/c1-12(2)11-17-15(19)13(3)18(10-6-9-16)14-7-4-5-8-14/h12-14H,4-11,16H2,1-3H3,(H,17,19). The summed E-state index contributed by atoms with van der Waals surface area (Å²) in [6, 6.07) is 0.541. The molecule has 1 unspecified atom stereocenters. The van der Waals surface area contributed by atoms with E-state index >= 15 is 0 Å². The molecule has 0 saturated heterocycles. The van der Waals surface area contributed by atoms with Gasteiger partial charge in [0, 0.05) is 19.1 Å². The molecular weight excluding hydrogens is 238 g/mol. The van der Waals surface area contributed by atoms with Crippen LogP contribution in [0.3, 0.4) is 0 Å². The molecule has 0 radical (unpaired) electrons. The van der Waals surface area contributed by atoms with Gasteiger partial charge in [-0.1, -0.05) is 26.7 Å². The van der Waals surface area contributed by atoms with Crippen LogP contribution in [-0.4, -0.2) is 42.5 Å². The largest absolute Gasteiger partial charge is 0.354 e. The minimum Gasteiger partial charge on any atom is -0.354 e. The highest BCUT2D eigenvalue weighted by molar-refractivity contribution is 5.81. The van der Waals surface area contributed by atoms with Crippen LogP contribution in [0.1, 0.15) is 52.9 Å². The summed E-state index contributed by atoms with van der Waals surface area (Å²) in [7, 11) is 0. The lowest BCUT2D eigenvalue weighted by molar-refractivity contribution is -0.127. The summed E-state index contributed by atoms with van der Waals surface area (Å²) in [6.45, 7) is 8.67. The summed E-state index contributed by atoms with van der Waals surface area (Å²) >= 11 is 0. The summed E-state index contributed by atoms with van der Waals surface area (Å²) < 4.78 is 0. The molecule has 1 aliphatic rings. The zero-order valence-corrected chi connectivity index (χ0v) is 12.8. The second-order valence-electron chi connectivity index (χ2n) is 6.13. The van der Waals surface area contributed by atoms with Gasteiger partial charge in [0.2, 0.25) is 5.91 Å². The fourth-order valence-electron chi connectivity index (χ4n) is 2.81. The second-order valence-corrected chi connectivity index (χ2v) is 6.13. The molecule has 0 aliphatic heterocycles. The normalized spacial score (nSPS) is 18.2. The van der Waals surface area contributed by atoms with Crippen LogP contribution in [-0.2, 0) is 4.79 Å². The highest BCUT2D eigenvalue weighted by Crippen LogP contribution is 2.25. The van der Waals surface area contributed by atoms with Gasteiger partial charge in [-0.25, -0.2) is 0 Å². The van der Waals surface area contributed by atoms with E-state index < -0.39 is 0 Å². The highest BCUT2D eigenvalue weighted by atomic mass is 16.2. The molecule has 1 rings (SSSR count). The van der Waals surface area contributed by atoms with Crippen LogP contribution in [0.4, 0.5) is 0 Å². The summed E-state index contributed by atoms with van der Waals surface area (Å²) in [5.41, 5.74) is 5.62. The lowest BCUT2D eigenvalue weighted by Crippen LogP contribution is -2.50. The van der Waals surface area contributed by atoms with Crippen LogP contribution in [0.5, 0.6) is 0 Å². The smallest absolute Gasteiger partial charge is 0.237 e. The molecule has 4 heteroatoms. The monoisotopic (exact) mass is 269 g/mol. The van der Waals surface area contributed by atoms with E-state index in [1.165, 1.54) is 25.7 Å². The van der Waals surface area contributed by atoms with Crippen molar-refractivity contribution >= 4 is 5.91 Å². The lowest BCUT2D eigenvalue weighted by atomic mass is 10.1. The number of rotatable bonds is 8. The Morgan fingerprint density at radius 1 is 1.32 bits per heavy atom. The molecule has 3 N–H and O–H groups in total. The lowest BCUT2D eigenvalue weighted by Gasteiger charge is -2.33.